The molecule has 32 heavy (non-hydrogen) atoms. The minimum Gasteiger partial charge on any atom is -0.484 e. The maximum atomic E-state index is 12.6. The van der Waals surface area contributed by atoms with Crippen molar-refractivity contribution in [2.75, 3.05) is 6.61 Å². The van der Waals surface area contributed by atoms with Crippen LogP contribution in [0.5, 0.6) is 5.75 Å². The maximum Gasteiger partial charge on any atom is 0.446 e. The Kier molecular flexibility index (Phi) is 6.09. The minimum atomic E-state index is -4.37. The van der Waals surface area contributed by atoms with E-state index in [-0.39, 0.29) is 22.4 Å². The summed E-state index contributed by atoms with van der Waals surface area (Å²) < 4.78 is 42.3. The molecule has 0 spiro atoms. The van der Waals surface area contributed by atoms with Gasteiger partial charge in [-0.1, -0.05) is 36.4 Å². The van der Waals surface area contributed by atoms with E-state index in [4.69, 9.17) is 4.74 Å². The van der Waals surface area contributed by atoms with Crippen molar-refractivity contribution in [1.82, 2.24) is 10.9 Å². The summed E-state index contributed by atoms with van der Waals surface area (Å²) in [6, 6.07) is 18.6. The highest BCUT2D eigenvalue weighted by atomic mass is 32.2. The van der Waals surface area contributed by atoms with Crippen LogP contribution >= 0.6 is 11.8 Å². The first-order valence-electron chi connectivity index (χ1n) is 9.58. The van der Waals surface area contributed by atoms with Crippen LogP contribution in [-0.2, 0) is 11.2 Å². The number of benzene rings is 3. The first-order chi connectivity index (χ1) is 15.3. The zero-order chi connectivity index (χ0) is 22.7. The predicted molar refractivity (Wildman–Crippen MR) is 114 cm³/mol. The fourth-order valence-corrected chi connectivity index (χ4v) is 4.03. The molecule has 3 aromatic carbocycles. The van der Waals surface area contributed by atoms with Gasteiger partial charge in [0.25, 0.3) is 11.8 Å². The number of carbonyl (C=O) groups is 2. The van der Waals surface area contributed by atoms with Gasteiger partial charge in [-0.3, -0.25) is 20.4 Å². The number of thioether (sulfide) groups is 1. The van der Waals surface area contributed by atoms with E-state index in [2.05, 4.69) is 10.9 Å². The predicted octanol–water partition coefficient (Wildman–Crippen LogP) is 4.71. The molecule has 2 N–H and O–H groups in total. The van der Waals surface area contributed by atoms with Crippen LogP contribution in [0.1, 0.15) is 21.5 Å². The van der Waals surface area contributed by atoms with Crippen LogP contribution in [0.2, 0.25) is 0 Å². The molecule has 0 aliphatic heterocycles. The molecule has 0 unspecified atom stereocenters. The second kappa shape index (κ2) is 8.96. The first-order valence-corrected chi connectivity index (χ1v) is 10.4. The van der Waals surface area contributed by atoms with E-state index in [1.165, 1.54) is 24.3 Å². The van der Waals surface area contributed by atoms with Gasteiger partial charge in [0, 0.05) is 10.5 Å². The Morgan fingerprint density at radius 2 is 1.62 bits per heavy atom. The molecule has 0 aromatic heterocycles. The summed E-state index contributed by atoms with van der Waals surface area (Å²) in [6.45, 7) is -0.412. The third-order valence-electron chi connectivity index (χ3n) is 4.84. The van der Waals surface area contributed by atoms with Gasteiger partial charge in [0.15, 0.2) is 6.61 Å². The first kappa shape index (κ1) is 21.8. The fourth-order valence-electron chi connectivity index (χ4n) is 3.49. The number of hydrogen-bond donors (Lipinski definition) is 2. The molecule has 0 bridgehead atoms. The topological polar surface area (TPSA) is 67.4 Å². The zero-order valence-electron chi connectivity index (χ0n) is 16.5. The second-order valence-corrected chi connectivity index (χ2v) is 8.11. The number of carbonyl (C=O) groups excluding carboxylic acids is 2. The van der Waals surface area contributed by atoms with Gasteiger partial charge in [0.05, 0.1) is 0 Å². The van der Waals surface area contributed by atoms with Crippen molar-refractivity contribution in [3.8, 4) is 16.9 Å². The standard InChI is InChI=1S/C23H17F3N2O3S/c24-23(25,26)32-16-10-8-15(9-11-16)31-13-21(29)27-28-22(30)19-7-3-6-18-17-5-2-1-4-14(17)12-20(18)19/h1-11H,12-13H2,(H,27,29)(H,28,30). The van der Waals surface area contributed by atoms with Crippen LogP contribution < -0.4 is 15.6 Å². The summed E-state index contributed by atoms with van der Waals surface area (Å²) in [7, 11) is 0. The molecule has 1 aliphatic carbocycles. The highest BCUT2D eigenvalue weighted by Crippen LogP contribution is 2.38. The number of rotatable bonds is 5. The normalized spacial score (nSPS) is 12.0. The Morgan fingerprint density at radius 1 is 0.906 bits per heavy atom. The van der Waals surface area contributed by atoms with Crippen LogP contribution in [0.25, 0.3) is 11.1 Å². The van der Waals surface area contributed by atoms with Gasteiger partial charge in [-0.2, -0.15) is 13.2 Å². The summed E-state index contributed by atoms with van der Waals surface area (Å²) in [5.74, 6) is -0.823. The Labute approximate surface area is 185 Å². The average molecular weight is 458 g/mol. The third kappa shape index (κ3) is 5.05. The number of nitrogens with one attached hydrogen (secondary N) is 2. The van der Waals surface area contributed by atoms with Crippen molar-refractivity contribution < 1.29 is 27.5 Å². The molecule has 9 heteroatoms. The molecule has 4 rings (SSSR count). The lowest BCUT2D eigenvalue weighted by Crippen LogP contribution is -2.44. The Bertz CT molecular complexity index is 1160. The van der Waals surface area contributed by atoms with Crippen LogP contribution in [-0.4, -0.2) is 23.9 Å². The van der Waals surface area contributed by atoms with Gasteiger partial charge in [0.2, 0.25) is 0 Å². The van der Waals surface area contributed by atoms with E-state index in [0.29, 0.717) is 12.0 Å². The monoisotopic (exact) mass is 458 g/mol. The molecular formula is C23H17F3N2O3S. The number of hydrogen-bond acceptors (Lipinski definition) is 4. The quantitative estimate of drug-likeness (QED) is 0.336. The van der Waals surface area contributed by atoms with Crippen molar-refractivity contribution in [3.05, 3.63) is 83.4 Å². The van der Waals surface area contributed by atoms with Gasteiger partial charge in [0.1, 0.15) is 5.75 Å². The van der Waals surface area contributed by atoms with E-state index in [1.807, 2.05) is 30.3 Å². The molecule has 0 saturated heterocycles. The summed E-state index contributed by atoms with van der Waals surface area (Å²) in [6.07, 6.45) is 0.634. The number of alkyl halides is 3. The largest absolute Gasteiger partial charge is 0.484 e. The molecule has 2 amide bonds. The molecule has 0 heterocycles. The van der Waals surface area contributed by atoms with Crippen LogP contribution in [0.4, 0.5) is 13.2 Å². The van der Waals surface area contributed by atoms with Crippen molar-refractivity contribution in [2.24, 2.45) is 0 Å². The van der Waals surface area contributed by atoms with Crippen molar-refractivity contribution >= 4 is 23.6 Å². The van der Waals surface area contributed by atoms with E-state index >= 15 is 0 Å². The van der Waals surface area contributed by atoms with Crippen molar-refractivity contribution in [2.45, 2.75) is 16.8 Å². The number of halogens is 3. The van der Waals surface area contributed by atoms with Gasteiger partial charge in [-0.25, -0.2) is 0 Å². The smallest absolute Gasteiger partial charge is 0.446 e. The third-order valence-corrected chi connectivity index (χ3v) is 5.58. The van der Waals surface area contributed by atoms with Crippen molar-refractivity contribution in [1.29, 1.82) is 0 Å². The number of amides is 2. The second-order valence-electron chi connectivity index (χ2n) is 6.98. The minimum absolute atomic E-state index is 0.0131. The highest BCUT2D eigenvalue weighted by molar-refractivity contribution is 8.00. The zero-order valence-corrected chi connectivity index (χ0v) is 17.3. The lowest BCUT2D eigenvalue weighted by atomic mass is 10.0. The molecule has 5 nitrogen and oxygen atoms in total. The Balaban J connectivity index is 1.30. The average Bonchev–Trinajstić information content (AvgIpc) is 3.15. The molecule has 164 valence electrons. The Morgan fingerprint density at radius 3 is 2.38 bits per heavy atom. The Hall–Kier alpha value is -3.46. The van der Waals surface area contributed by atoms with Crippen LogP contribution in [0.15, 0.2) is 71.6 Å². The maximum absolute atomic E-state index is 12.6. The van der Waals surface area contributed by atoms with Crippen LogP contribution in [0, 0.1) is 0 Å². The molecular weight excluding hydrogens is 441 g/mol. The van der Waals surface area contributed by atoms with Gasteiger partial charge >= 0.3 is 5.51 Å². The lowest BCUT2D eigenvalue weighted by Gasteiger charge is -2.11. The summed E-state index contributed by atoms with van der Waals surface area (Å²) in [5.41, 5.74) is 4.89. The summed E-state index contributed by atoms with van der Waals surface area (Å²) in [5, 5.41) is 0. The highest BCUT2D eigenvalue weighted by Gasteiger charge is 2.29. The molecule has 1 aliphatic rings. The molecule has 0 saturated carbocycles. The van der Waals surface area contributed by atoms with Crippen LogP contribution in [0.3, 0.4) is 0 Å². The van der Waals surface area contributed by atoms with E-state index in [9.17, 15) is 22.8 Å². The molecule has 3 aromatic rings. The van der Waals surface area contributed by atoms with E-state index < -0.39 is 23.9 Å². The van der Waals surface area contributed by atoms with Gasteiger partial charge < -0.3 is 4.74 Å². The summed E-state index contributed by atoms with van der Waals surface area (Å²) in [4.78, 5) is 24.7. The van der Waals surface area contributed by atoms with E-state index in [1.54, 1.807) is 12.1 Å². The van der Waals surface area contributed by atoms with Crippen molar-refractivity contribution in [3.63, 3.8) is 0 Å². The van der Waals surface area contributed by atoms with E-state index in [0.717, 1.165) is 22.3 Å². The number of ether oxygens (including phenoxy) is 1. The SMILES string of the molecule is O=C(COc1ccc(SC(F)(F)F)cc1)NNC(=O)c1cccc2c1Cc1ccccc1-2. The lowest BCUT2D eigenvalue weighted by molar-refractivity contribution is -0.123. The van der Waals surface area contributed by atoms with Gasteiger partial charge in [-0.05, 0) is 70.8 Å². The molecule has 0 atom stereocenters. The number of hydrazine groups is 1. The number of fused-ring (bicyclic) bond motifs is 3. The van der Waals surface area contributed by atoms with Gasteiger partial charge in [-0.15, -0.1) is 0 Å². The fraction of sp³-hybridized carbons (Fsp3) is 0.130. The molecule has 0 radical (unpaired) electrons. The summed E-state index contributed by atoms with van der Waals surface area (Å²) >= 11 is -0.235. The molecule has 0 fully saturated rings.